The summed E-state index contributed by atoms with van der Waals surface area (Å²) in [6, 6.07) is 2.69. The molecule has 0 saturated carbocycles. The third-order valence-corrected chi connectivity index (χ3v) is 6.61. The molecule has 3 unspecified atom stereocenters. The van der Waals surface area contributed by atoms with Crippen LogP contribution in [0.15, 0.2) is 34.1 Å². The second kappa shape index (κ2) is 12.5. The maximum absolute atomic E-state index is 11.8. The normalized spacial score (nSPS) is 34.3. The minimum absolute atomic E-state index is 0.00978. The zero-order chi connectivity index (χ0) is 30.0. The van der Waals surface area contributed by atoms with Crippen molar-refractivity contribution in [1.29, 1.82) is 0 Å². The number of hydrogen-bond acceptors (Lipinski definition) is 17. The Labute approximate surface area is 226 Å². The first kappa shape index (κ1) is 31.9. The van der Waals surface area contributed by atoms with Crippen molar-refractivity contribution in [1.82, 2.24) is 19.1 Å². The Morgan fingerprint density at radius 3 is 1.85 bits per heavy atom. The van der Waals surface area contributed by atoms with Crippen LogP contribution in [0.3, 0.4) is 0 Å². The highest BCUT2D eigenvalue weighted by atomic mass is 31.2. The molecule has 224 valence electrons. The SMILES string of the molecule is C[C@@]1(O)C(O)[C@@H](CO)O[C@H]1n1ccc(N)nc1=O.C[C@@]1(O)C(O)[C@@H](OOP(O)CO)O[C@H]1n1ccc(N)nc1=O. The monoisotopic (exact) mass is 594 g/mol. The molecule has 0 aliphatic carbocycles. The van der Waals surface area contributed by atoms with Crippen molar-refractivity contribution in [2.24, 2.45) is 0 Å². The standard InChI is InChI=1S/C10H16N3O8P.C10H15N3O5/c1-10(17)6(15)7(20-21-22(18)4-14)19-8(10)13-3-2-5(11)12-9(13)16;1-10(17)7(15)5(4-14)18-8(10)13-3-2-6(11)12-9(13)16/h2-3,6-8,14-15,17-18H,4H2,1H3,(H2,11,12,16);2-3,5,7-8,14-15,17H,4H2,1H3,(H2,11,12,16)/t6?,7-,8-,10-,22?;5-,7?,8-,10-/m11/s1. The fraction of sp³-hybridized carbons (Fsp3) is 0.600. The van der Waals surface area contributed by atoms with Crippen LogP contribution in [0.2, 0.25) is 0 Å². The largest absolute Gasteiger partial charge is 0.394 e. The average Bonchev–Trinajstić information content (AvgIpc) is 3.25. The van der Waals surface area contributed by atoms with Gasteiger partial charge in [0.15, 0.2) is 12.5 Å². The third kappa shape index (κ3) is 6.46. The number of anilines is 2. The van der Waals surface area contributed by atoms with Gasteiger partial charge >= 0.3 is 11.4 Å². The van der Waals surface area contributed by atoms with Crippen molar-refractivity contribution in [3.8, 4) is 0 Å². The van der Waals surface area contributed by atoms with Gasteiger partial charge in [0, 0.05) is 12.4 Å². The van der Waals surface area contributed by atoms with Crippen LogP contribution < -0.4 is 22.8 Å². The highest BCUT2D eigenvalue weighted by Crippen LogP contribution is 2.40. The number of ether oxygens (including phenoxy) is 2. The van der Waals surface area contributed by atoms with Crippen LogP contribution in [-0.2, 0) is 19.0 Å². The average molecular weight is 594 g/mol. The van der Waals surface area contributed by atoms with E-state index in [9.17, 15) is 30.0 Å². The zero-order valence-corrected chi connectivity index (χ0v) is 22.1. The molecular weight excluding hydrogens is 563 g/mol. The molecule has 4 rings (SSSR count). The minimum atomic E-state index is -2.26. The molecule has 0 bridgehead atoms. The van der Waals surface area contributed by atoms with Crippen molar-refractivity contribution in [2.45, 2.75) is 62.1 Å². The predicted octanol–water partition coefficient (Wildman–Crippen LogP) is -4.18. The van der Waals surface area contributed by atoms with Gasteiger partial charge in [-0.2, -0.15) is 19.5 Å². The summed E-state index contributed by atoms with van der Waals surface area (Å²) in [5.74, 6) is 0.0394. The Kier molecular flexibility index (Phi) is 9.94. The quantitative estimate of drug-likeness (QED) is 0.0834. The highest BCUT2D eigenvalue weighted by molar-refractivity contribution is 7.45. The van der Waals surface area contributed by atoms with Gasteiger partial charge in [-0.3, -0.25) is 9.13 Å². The molecule has 2 aromatic rings. The van der Waals surface area contributed by atoms with Crippen LogP contribution in [0.5, 0.6) is 0 Å². The molecule has 2 aliphatic heterocycles. The second-order valence-electron chi connectivity index (χ2n) is 9.16. The summed E-state index contributed by atoms with van der Waals surface area (Å²) >= 11 is 0. The number of rotatable bonds is 7. The van der Waals surface area contributed by atoms with Crippen LogP contribution in [0.1, 0.15) is 26.3 Å². The number of aliphatic hydroxyl groups is 6. The first-order valence-electron chi connectivity index (χ1n) is 11.5. The second-order valence-corrected chi connectivity index (χ2v) is 10.3. The van der Waals surface area contributed by atoms with Gasteiger partial charge in [0.25, 0.3) is 0 Å². The summed E-state index contributed by atoms with van der Waals surface area (Å²) in [5.41, 5.74) is 5.61. The number of nitrogen functional groups attached to an aromatic ring is 2. The van der Waals surface area contributed by atoms with Gasteiger partial charge in [0.2, 0.25) is 14.7 Å². The molecule has 0 aromatic carbocycles. The molecule has 20 heteroatoms. The molecule has 9 atom stereocenters. The van der Waals surface area contributed by atoms with E-state index in [1.165, 1.54) is 38.4 Å². The summed E-state index contributed by atoms with van der Waals surface area (Å²) in [6.45, 7) is 2.08. The summed E-state index contributed by atoms with van der Waals surface area (Å²) < 4.78 is 16.9. The van der Waals surface area contributed by atoms with Crippen LogP contribution in [0, 0.1) is 0 Å². The summed E-state index contributed by atoms with van der Waals surface area (Å²) in [5, 5.41) is 57.9. The molecule has 19 nitrogen and oxygen atoms in total. The van der Waals surface area contributed by atoms with E-state index in [2.05, 4.69) is 19.5 Å². The summed E-state index contributed by atoms with van der Waals surface area (Å²) in [6.07, 6.45) is -5.94. The molecule has 2 saturated heterocycles. The number of aromatic nitrogens is 4. The molecule has 40 heavy (non-hydrogen) atoms. The predicted molar refractivity (Wildman–Crippen MR) is 132 cm³/mol. The van der Waals surface area contributed by atoms with Crippen molar-refractivity contribution in [2.75, 3.05) is 24.4 Å². The van der Waals surface area contributed by atoms with Gasteiger partial charge in [-0.25, -0.2) is 9.59 Å². The minimum Gasteiger partial charge on any atom is -0.394 e. The van der Waals surface area contributed by atoms with E-state index >= 15 is 0 Å². The van der Waals surface area contributed by atoms with E-state index in [0.29, 0.717) is 0 Å². The zero-order valence-electron chi connectivity index (χ0n) is 21.2. The lowest BCUT2D eigenvalue weighted by molar-refractivity contribution is -0.333. The molecule has 11 N–H and O–H groups in total. The van der Waals surface area contributed by atoms with E-state index in [4.69, 9.17) is 36.0 Å². The maximum atomic E-state index is 11.8. The molecule has 2 aliphatic rings. The van der Waals surface area contributed by atoms with Gasteiger partial charge in [0.1, 0.15) is 47.5 Å². The Hall–Kier alpha value is -2.65. The fourth-order valence-corrected chi connectivity index (χ4v) is 4.13. The smallest absolute Gasteiger partial charge is 0.351 e. The van der Waals surface area contributed by atoms with Crippen molar-refractivity contribution in [3.63, 3.8) is 0 Å². The Bertz CT molecular complexity index is 1280. The molecule has 0 radical (unpaired) electrons. The maximum Gasteiger partial charge on any atom is 0.351 e. The van der Waals surface area contributed by atoms with Gasteiger partial charge in [-0.15, -0.1) is 0 Å². The van der Waals surface area contributed by atoms with E-state index in [0.717, 1.165) is 9.13 Å². The fourth-order valence-electron chi connectivity index (χ4n) is 3.90. The molecule has 0 amide bonds. The first-order valence-corrected chi connectivity index (χ1v) is 12.9. The highest BCUT2D eigenvalue weighted by Gasteiger charge is 2.55. The van der Waals surface area contributed by atoms with Crippen LogP contribution in [0.4, 0.5) is 11.6 Å². The van der Waals surface area contributed by atoms with E-state index in [-0.39, 0.29) is 11.6 Å². The van der Waals surface area contributed by atoms with Crippen molar-refractivity contribution in [3.05, 3.63) is 45.5 Å². The van der Waals surface area contributed by atoms with Crippen LogP contribution in [-0.4, -0.2) is 103 Å². The molecule has 2 aromatic heterocycles. The Balaban J connectivity index is 0.000000225. The lowest BCUT2D eigenvalue weighted by Crippen LogP contribution is -2.46. The molecular formula is C20H31N6O13P. The van der Waals surface area contributed by atoms with Crippen molar-refractivity contribution >= 4 is 20.0 Å². The van der Waals surface area contributed by atoms with E-state index in [1.807, 2.05) is 0 Å². The third-order valence-electron chi connectivity index (χ3n) is 6.11. The van der Waals surface area contributed by atoms with E-state index in [1.54, 1.807) is 0 Å². The molecule has 4 heterocycles. The number of nitrogens with zero attached hydrogens (tertiary/aromatic N) is 4. The molecule has 2 fully saturated rings. The van der Waals surface area contributed by atoms with E-state index < -0.39 is 81.0 Å². The number of nitrogens with two attached hydrogens (primary N) is 2. The van der Waals surface area contributed by atoms with Crippen molar-refractivity contribution < 1.29 is 54.6 Å². The van der Waals surface area contributed by atoms with Gasteiger partial charge in [-0.1, -0.05) is 0 Å². The van der Waals surface area contributed by atoms with Gasteiger partial charge in [-0.05, 0) is 26.0 Å². The summed E-state index contributed by atoms with van der Waals surface area (Å²) in [7, 11) is -2.26. The lowest BCUT2D eigenvalue weighted by Gasteiger charge is -2.27. The van der Waals surface area contributed by atoms with Gasteiger partial charge < -0.3 is 56.5 Å². The first-order chi connectivity index (χ1) is 18.6. The topological polar surface area (TPSA) is 300 Å². The Morgan fingerprint density at radius 2 is 1.43 bits per heavy atom. The van der Waals surface area contributed by atoms with Gasteiger partial charge in [0.05, 0.1) is 6.61 Å². The number of aliphatic hydroxyl groups excluding tert-OH is 4. The lowest BCUT2D eigenvalue weighted by atomic mass is 9.96. The van der Waals surface area contributed by atoms with Crippen LogP contribution >= 0.6 is 8.38 Å². The Morgan fingerprint density at radius 1 is 0.950 bits per heavy atom. The van der Waals surface area contributed by atoms with Crippen LogP contribution in [0.25, 0.3) is 0 Å². The number of hydrogen-bond donors (Lipinski definition) is 9. The molecule has 0 spiro atoms. The summed E-state index contributed by atoms with van der Waals surface area (Å²) in [4.78, 5) is 44.2.